The lowest BCUT2D eigenvalue weighted by atomic mass is 10.2. The molecule has 0 aliphatic carbocycles. The van der Waals surface area contributed by atoms with Gasteiger partial charge in [-0.3, -0.25) is 10.2 Å². The van der Waals surface area contributed by atoms with E-state index in [1.165, 1.54) is 7.05 Å². The number of benzene rings is 1. The van der Waals surface area contributed by atoms with Crippen molar-refractivity contribution in [3.63, 3.8) is 0 Å². The third-order valence-corrected chi connectivity index (χ3v) is 2.06. The Kier molecular flexibility index (Phi) is 4.96. The predicted octanol–water partition coefficient (Wildman–Crippen LogP) is 0.245. The number of likely N-dealkylation sites (N-methyl/N-ethyl adjacent to an activating group) is 1. The van der Waals surface area contributed by atoms with Crippen molar-refractivity contribution in [1.82, 2.24) is 10.3 Å². The van der Waals surface area contributed by atoms with Crippen LogP contribution in [-0.2, 0) is 16.1 Å². The molecule has 17 heavy (non-hydrogen) atoms. The van der Waals surface area contributed by atoms with Crippen molar-refractivity contribution < 1.29 is 14.3 Å². The van der Waals surface area contributed by atoms with Gasteiger partial charge in [-0.2, -0.15) is 0 Å². The Bertz CT molecular complexity index is 381. The van der Waals surface area contributed by atoms with Gasteiger partial charge in [-0.25, -0.2) is 10.6 Å². The third-order valence-electron chi connectivity index (χ3n) is 2.06. The maximum atomic E-state index is 11.5. The summed E-state index contributed by atoms with van der Waals surface area (Å²) < 4.78 is 5.00. The Hall–Kier alpha value is -2.08. The standard InChI is InChI=1S/C11H15N3O3/c1-14(7-10(15)13-12)11(16)17-8-9-5-3-2-4-6-9/h2-6H,7-8,12H2,1H3,(H,13,15). The molecular formula is C11H15N3O3. The quantitative estimate of drug-likeness (QED) is 0.446. The molecule has 0 fully saturated rings. The summed E-state index contributed by atoms with van der Waals surface area (Å²) in [5.74, 6) is 4.45. The zero-order valence-corrected chi connectivity index (χ0v) is 9.55. The molecule has 0 atom stereocenters. The first-order chi connectivity index (χ1) is 8.13. The molecule has 1 rings (SSSR count). The smallest absolute Gasteiger partial charge is 0.410 e. The number of carbonyl (C=O) groups is 2. The fraction of sp³-hybridized carbons (Fsp3) is 0.273. The molecule has 0 heterocycles. The summed E-state index contributed by atoms with van der Waals surface area (Å²) in [6, 6.07) is 9.28. The monoisotopic (exact) mass is 237 g/mol. The summed E-state index contributed by atoms with van der Waals surface area (Å²) in [7, 11) is 1.46. The number of nitrogens with zero attached hydrogens (tertiary/aromatic N) is 1. The molecule has 0 unspecified atom stereocenters. The van der Waals surface area contributed by atoms with Gasteiger partial charge in [-0.05, 0) is 5.56 Å². The Morgan fingerprint density at radius 1 is 1.35 bits per heavy atom. The first kappa shape index (κ1) is 13.0. The highest BCUT2D eigenvalue weighted by atomic mass is 16.6. The largest absolute Gasteiger partial charge is 0.445 e. The number of hydrazine groups is 1. The molecule has 0 saturated carbocycles. The second-order valence-corrected chi connectivity index (χ2v) is 3.46. The van der Waals surface area contributed by atoms with E-state index >= 15 is 0 Å². The van der Waals surface area contributed by atoms with Gasteiger partial charge in [-0.1, -0.05) is 30.3 Å². The summed E-state index contributed by atoms with van der Waals surface area (Å²) >= 11 is 0. The van der Waals surface area contributed by atoms with Gasteiger partial charge in [0.1, 0.15) is 13.2 Å². The minimum absolute atomic E-state index is 0.135. The molecule has 3 N–H and O–H groups in total. The van der Waals surface area contributed by atoms with Gasteiger partial charge in [0.25, 0.3) is 5.91 Å². The van der Waals surface area contributed by atoms with Gasteiger partial charge in [0, 0.05) is 7.05 Å². The van der Waals surface area contributed by atoms with Gasteiger partial charge in [-0.15, -0.1) is 0 Å². The highest BCUT2D eigenvalue weighted by Gasteiger charge is 2.13. The summed E-state index contributed by atoms with van der Waals surface area (Å²) in [5.41, 5.74) is 2.82. The molecule has 0 bridgehead atoms. The second-order valence-electron chi connectivity index (χ2n) is 3.46. The minimum atomic E-state index is -0.572. The van der Waals surface area contributed by atoms with E-state index in [1.807, 2.05) is 35.8 Å². The number of rotatable bonds is 4. The molecule has 1 aromatic carbocycles. The molecule has 0 spiro atoms. The molecule has 0 aromatic heterocycles. The van der Waals surface area contributed by atoms with Gasteiger partial charge in [0.2, 0.25) is 0 Å². The highest BCUT2D eigenvalue weighted by molar-refractivity contribution is 5.81. The summed E-state index contributed by atoms with van der Waals surface area (Å²) in [4.78, 5) is 23.5. The lowest BCUT2D eigenvalue weighted by molar-refractivity contribution is -0.121. The molecule has 6 nitrogen and oxygen atoms in total. The number of carbonyl (C=O) groups excluding carboxylic acids is 2. The van der Waals surface area contributed by atoms with Crippen molar-refractivity contribution >= 4 is 12.0 Å². The minimum Gasteiger partial charge on any atom is -0.445 e. The van der Waals surface area contributed by atoms with E-state index in [0.717, 1.165) is 10.5 Å². The van der Waals surface area contributed by atoms with Crippen LogP contribution in [-0.4, -0.2) is 30.5 Å². The van der Waals surface area contributed by atoms with Gasteiger partial charge in [0.05, 0.1) is 0 Å². The lowest BCUT2D eigenvalue weighted by Crippen LogP contribution is -2.41. The molecule has 0 aliphatic heterocycles. The fourth-order valence-corrected chi connectivity index (χ4v) is 1.16. The van der Waals surface area contributed by atoms with Crippen molar-refractivity contribution in [2.24, 2.45) is 5.84 Å². The van der Waals surface area contributed by atoms with Crippen LogP contribution in [0.2, 0.25) is 0 Å². The Labute approximate surface area is 99.3 Å². The Morgan fingerprint density at radius 3 is 2.59 bits per heavy atom. The van der Waals surface area contributed by atoms with E-state index in [4.69, 9.17) is 10.6 Å². The summed E-state index contributed by atoms with van der Waals surface area (Å²) in [6.07, 6.45) is -0.572. The SMILES string of the molecule is CN(CC(=O)NN)C(=O)OCc1ccccc1. The number of hydrogen-bond donors (Lipinski definition) is 2. The van der Waals surface area contributed by atoms with E-state index in [9.17, 15) is 9.59 Å². The number of amides is 2. The van der Waals surface area contributed by atoms with Crippen molar-refractivity contribution in [3.05, 3.63) is 35.9 Å². The molecule has 92 valence electrons. The Balaban J connectivity index is 2.37. The van der Waals surface area contributed by atoms with E-state index in [1.54, 1.807) is 0 Å². The first-order valence-electron chi connectivity index (χ1n) is 5.04. The van der Waals surface area contributed by atoms with Crippen LogP contribution >= 0.6 is 0 Å². The van der Waals surface area contributed by atoms with Crippen LogP contribution in [0.1, 0.15) is 5.56 Å². The van der Waals surface area contributed by atoms with Crippen LogP contribution < -0.4 is 11.3 Å². The zero-order chi connectivity index (χ0) is 12.7. The summed E-state index contributed by atoms with van der Waals surface area (Å²) in [6.45, 7) is 0.0401. The van der Waals surface area contributed by atoms with E-state index in [-0.39, 0.29) is 13.2 Å². The number of ether oxygens (including phenoxy) is 1. The first-order valence-corrected chi connectivity index (χ1v) is 5.04. The topological polar surface area (TPSA) is 84.7 Å². The molecule has 0 aliphatic rings. The summed E-state index contributed by atoms with van der Waals surface area (Å²) in [5, 5.41) is 0. The van der Waals surface area contributed by atoms with Crippen LogP contribution in [0.25, 0.3) is 0 Å². The average Bonchev–Trinajstić information content (AvgIpc) is 2.36. The van der Waals surface area contributed by atoms with Gasteiger partial charge >= 0.3 is 6.09 Å². The van der Waals surface area contributed by atoms with Crippen LogP contribution in [0.3, 0.4) is 0 Å². The molecule has 0 radical (unpaired) electrons. The van der Waals surface area contributed by atoms with Gasteiger partial charge in [0.15, 0.2) is 0 Å². The zero-order valence-electron chi connectivity index (χ0n) is 9.55. The molecule has 2 amide bonds. The molecule has 1 aromatic rings. The van der Waals surface area contributed by atoms with Crippen molar-refractivity contribution in [2.75, 3.05) is 13.6 Å². The van der Waals surface area contributed by atoms with E-state index in [2.05, 4.69) is 0 Å². The van der Waals surface area contributed by atoms with E-state index < -0.39 is 12.0 Å². The van der Waals surface area contributed by atoms with Crippen LogP contribution in [0.15, 0.2) is 30.3 Å². The maximum Gasteiger partial charge on any atom is 0.410 e. The third kappa shape index (κ3) is 4.52. The number of hydrogen-bond acceptors (Lipinski definition) is 4. The second kappa shape index (κ2) is 6.49. The normalized spacial score (nSPS) is 9.53. The number of nitrogens with two attached hydrogens (primary N) is 1. The molecular weight excluding hydrogens is 222 g/mol. The fourth-order valence-electron chi connectivity index (χ4n) is 1.16. The molecule has 0 saturated heterocycles. The van der Waals surface area contributed by atoms with Crippen molar-refractivity contribution in [1.29, 1.82) is 0 Å². The number of nitrogens with one attached hydrogen (secondary N) is 1. The lowest BCUT2D eigenvalue weighted by Gasteiger charge is -2.15. The van der Waals surface area contributed by atoms with Gasteiger partial charge < -0.3 is 9.64 Å². The van der Waals surface area contributed by atoms with E-state index in [0.29, 0.717) is 0 Å². The molecule has 6 heteroatoms. The average molecular weight is 237 g/mol. The highest BCUT2D eigenvalue weighted by Crippen LogP contribution is 2.02. The maximum absolute atomic E-state index is 11.5. The Morgan fingerprint density at radius 2 is 2.00 bits per heavy atom. The van der Waals surface area contributed by atoms with Crippen molar-refractivity contribution in [3.8, 4) is 0 Å². The van der Waals surface area contributed by atoms with Crippen LogP contribution in [0, 0.1) is 0 Å². The van der Waals surface area contributed by atoms with Crippen LogP contribution in [0.5, 0.6) is 0 Å². The predicted molar refractivity (Wildman–Crippen MR) is 61.6 cm³/mol. The van der Waals surface area contributed by atoms with Crippen molar-refractivity contribution in [2.45, 2.75) is 6.61 Å². The van der Waals surface area contributed by atoms with Crippen LogP contribution in [0.4, 0.5) is 4.79 Å².